The fourth-order valence-electron chi connectivity index (χ4n) is 1.18. The molecule has 1 heterocycles. The van der Waals surface area contributed by atoms with E-state index in [0.717, 1.165) is 0 Å². The number of thiophene rings is 1. The average molecular weight is 265 g/mol. The van der Waals surface area contributed by atoms with E-state index in [1.807, 2.05) is 0 Å². The smallest absolute Gasteiger partial charge is 0.241 e. The molecule has 0 saturated heterocycles. The van der Waals surface area contributed by atoms with E-state index in [0.29, 0.717) is 24.4 Å². The number of aliphatic hydroxyl groups excluding tert-OH is 1. The number of rotatable bonds is 7. The normalized spacial score (nSPS) is 11.9. The molecule has 2 N–H and O–H groups in total. The highest BCUT2D eigenvalue weighted by Crippen LogP contribution is 2.21. The van der Waals surface area contributed by atoms with Crippen LogP contribution < -0.4 is 4.72 Å². The van der Waals surface area contributed by atoms with Crippen LogP contribution in [0.4, 0.5) is 0 Å². The summed E-state index contributed by atoms with van der Waals surface area (Å²) >= 11 is 1.23. The Kier molecular flexibility index (Phi) is 5.36. The van der Waals surface area contributed by atoms with Crippen LogP contribution in [-0.4, -0.2) is 33.8 Å². The zero-order valence-electron chi connectivity index (χ0n) is 8.97. The van der Waals surface area contributed by atoms with Crippen LogP contribution in [0, 0.1) is 0 Å². The minimum atomic E-state index is -3.50. The van der Waals surface area contributed by atoms with Crippen LogP contribution in [0.25, 0.3) is 0 Å². The molecular formula is C9H15NO4S2. The number of nitrogens with one attached hydrogen (secondary N) is 1. The van der Waals surface area contributed by atoms with E-state index in [2.05, 4.69) is 4.72 Å². The SMILES string of the molecule is COCCCNS(=O)(=O)c1ccsc1CO. The highest BCUT2D eigenvalue weighted by atomic mass is 32.2. The molecule has 1 aromatic rings. The van der Waals surface area contributed by atoms with Gasteiger partial charge in [-0.3, -0.25) is 0 Å². The van der Waals surface area contributed by atoms with Crippen molar-refractivity contribution in [3.63, 3.8) is 0 Å². The highest BCUT2D eigenvalue weighted by molar-refractivity contribution is 7.89. The largest absolute Gasteiger partial charge is 0.391 e. The molecule has 0 unspecified atom stereocenters. The lowest BCUT2D eigenvalue weighted by Crippen LogP contribution is -2.25. The first-order valence-electron chi connectivity index (χ1n) is 4.77. The first kappa shape index (κ1) is 13.6. The molecule has 7 heteroatoms. The molecule has 92 valence electrons. The predicted octanol–water partition coefficient (Wildman–Crippen LogP) is 0.555. The summed E-state index contributed by atoms with van der Waals surface area (Å²) in [4.78, 5) is 0.622. The Balaban J connectivity index is 2.64. The van der Waals surface area contributed by atoms with Gasteiger partial charge in [0.15, 0.2) is 0 Å². The molecule has 0 aliphatic heterocycles. The molecule has 0 aliphatic rings. The summed E-state index contributed by atoms with van der Waals surface area (Å²) in [6.07, 6.45) is 0.619. The van der Waals surface area contributed by atoms with Crippen molar-refractivity contribution in [3.05, 3.63) is 16.3 Å². The molecule has 0 saturated carbocycles. The molecule has 0 fully saturated rings. The first-order valence-corrected chi connectivity index (χ1v) is 7.14. The second kappa shape index (κ2) is 6.31. The second-order valence-electron chi connectivity index (χ2n) is 3.11. The number of ether oxygens (including phenoxy) is 1. The Labute approximate surface area is 99.1 Å². The molecular weight excluding hydrogens is 250 g/mol. The Morgan fingerprint density at radius 1 is 1.56 bits per heavy atom. The van der Waals surface area contributed by atoms with E-state index in [1.165, 1.54) is 17.4 Å². The summed E-state index contributed by atoms with van der Waals surface area (Å²) in [6, 6.07) is 1.49. The molecule has 5 nitrogen and oxygen atoms in total. The fourth-order valence-corrected chi connectivity index (χ4v) is 3.55. The molecule has 1 rings (SSSR count). The van der Waals surface area contributed by atoms with Crippen molar-refractivity contribution in [2.24, 2.45) is 0 Å². The van der Waals surface area contributed by atoms with Gasteiger partial charge in [0.2, 0.25) is 10.0 Å². The maximum atomic E-state index is 11.8. The molecule has 0 spiro atoms. The maximum absolute atomic E-state index is 11.8. The van der Waals surface area contributed by atoms with Gasteiger partial charge in [0.25, 0.3) is 0 Å². The molecule has 0 aliphatic carbocycles. The zero-order valence-corrected chi connectivity index (χ0v) is 10.6. The predicted molar refractivity (Wildman–Crippen MR) is 61.9 cm³/mol. The van der Waals surface area contributed by atoms with Crippen LogP contribution in [0.3, 0.4) is 0 Å². The summed E-state index contributed by atoms with van der Waals surface area (Å²) in [5.74, 6) is 0. The zero-order chi connectivity index (χ0) is 12.0. The van der Waals surface area contributed by atoms with Gasteiger partial charge in [-0.1, -0.05) is 0 Å². The minimum absolute atomic E-state index is 0.164. The van der Waals surface area contributed by atoms with Gasteiger partial charge in [-0.05, 0) is 17.9 Å². The number of hydrogen-bond donors (Lipinski definition) is 2. The third kappa shape index (κ3) is 3.53. The number of methoxy groups -OCH3 is 1. The van der Waals surface area contributed by atoms with Crippen molar-refractivity contribution in [3.8, 4) is 0 Å². The van der Waals surface area contributed by atoms with Gasteiger partial charge in [-0.15, -0.1) is 11.3 Å². The van der Waals surface area contributed by atoms with Crippen LogP contribution in [0.15, 0.2) is 16.3 Å². The van der Waals surface area contributed by atoms with Crippen molar-refractivity contribution in [2.75, 3.05) is 20.3 Å². The van der Waals surface area contributed by atoms with Crippen molar-refractivity contribution in [1.29, 1.82) is 0 Å². The average Bonchev–Trinajstić information content (AvgIpc) is 2.73. The maximum Gasteiger partial charge on any atom is 0.241 e. The van der Waals surface area contributed by atoms with Crippen LogP contribution in [0.1, 0.15) is 11.3 Å². The number of hydrogen-bond acceptors (Lipinski definition) is 5. The Hall–Kier alpha value is -0.470. The molecule has 0 atom stereocenters. The van der Waals surface area contributed by atoms with Crippen LogP contribution in [-0.2, 0) is 21.4 Å². The van der Waals surface area contributed by atoms with Crippen molar-refractivity contribution in [2.45, 2.75) is 17.9 Å². The molecule has 0 amide bonds. The standard InChI is InChI=1S/C9H15NO4S2/c1-14-5-2-4-10-16(12,13)9-3-6-15-8(9)7-11/h3,6,10-11H,2,4-5,7H2,1H3. The monoisotopic (exact) mass is 265 g/mol. The molecule has 1 aromatic heterocycles. The van der Waals surface area contributed by atoms with E-state index in [-0.39, 0.29) is 11.5 Å². The van der Waals surface area contributed by atoms with Gasteiger partial charge >= 0.3 is 0 Å². The quantitative estimate of drug-likeness (QED) is 0.706. The van der Waals surface area contributed by atoms with Crippen LogP contribution in [0.5, 0.6) is 0 Å². The Morgan fingerprint density at radius 2 is 2.31 bits per heavy atom. The van der Waals surface area contributed by atoms with Gasteiger partial charge in [0.1, 0.15) is 0 Å². The first-order chi connectivity index (χ1) is 7.61. The van der Waals surface area contributed by atoms with Crippen molar-refractivity contribution in [1.82, 2.24) is 4.72 Å². The third-order valence-electron chi connectivity index (χ3n) is 1.95. The lowest BCUT2D eigenvalue weighted by Gasteiger charge is -2.06. The topological polar surface area (TPSA) is 75.6 Å². The number of aliphatic hydroxyl groups is 1. The molecule has 0 bridgehead atoms. The summed E-state index contributed by atoms with van der Waals surface area (Å²) < 4.78 is 30.8. The molecule has 0 radical (unpaired) electrons. The highest BCUT2D eigenvalue weighted by Gasteiger charge is 2.18. The Bertz CT molecular complexity index is 413. The van der Waals surface area contributed by atoms with Gasteiger partial charge < -0.3 is 9.84 Å². The van der Waals surface area contributed by atoms with Crippen molar-refractivity contribution >= 4 is 21.4 Å². The van der Waals surface area contributed by atoms with E-state index in [4.69, 9.17) is 9.84 Å². The van der Waals surface area contributed by atoms with Crippen LogP contribution >= 0.6 is 11.3 Å². The lowest BCUT2D eigenvalue weighted by molar-refractivity contribution is 0.196. The van der Waals surface area contributed by atoms with Crippen LogP contribution in [0.2, 0.25) is 0 Å². The van der Waals surface area contributed by atoms with E-state index in [1.54, 1.807) is 12.5 Å². The lowest BCUT2D eigenvalue weighted by atomic mass is 10.5. The summed E-state index contributed by atoms with van der Waals surface area (Å²) in [5, 5.41) is 10.6. The van der Waals surface area contributed by atoms with E-state index < -0.39 is 10.0 Å². The van der Waals surface area contributed by atoms with Gasteiger partial charge in [-0.2, -0.15) is 0 Å². The van der Waals surface area contributed by atoms with Gasteiger partial charge in [0.05, 0.1) is 11.5 Å². The second-order valence-corrected chi connectivity index (χ2v) is 5.85. The van der Waals surface area contributed by atoms with E-state index >= 15 is 0 Å². The summed E-state index contributed by atoms with van der Waals surface area (Å²) in [5.41, 5.74) is 0. The number of sulfonamides is 1. The summed E-state index contributed by atoms with van der Waals surface area (Å²) in [6.45, 7) is 0.585. The van der Waals surface area contributed by atoms with Gasteiger partial charge in [-0.25, -0.2) is 13.1 Å². The third-order valence-corrected chi connectivity index (χ3v) is 4.54. The Morgan fingerprint density at radius 3 is 2.94 bits per heavy atom. The molecule has 16 heavy (non-hydrogen) atoms. The fraction of sp³-hybridized carbons (Fsp3) is 0.556. The van der Waals surface area contributed by atoms with Gasteiger partial charge in [0, 0.05) is 25.1 Å². The molecule has 0 aromatic carbocycles. The van der Waals surface area contributed by atoms with Crippen molar-refractivity contribution < 1.29 is 18.3 Å². The summed E-state index contributed by atoms with van der Waals surface area (Å²) in [7, 11) is -1.93. The minimum Gasteiger partial charge on any atom is -0.391 e. The van der Waals surface area contributed by atoms with E-state index in [9.17, 15) is 8.42 Å².